The number of benzene rings is 6. The zero-order valence-corrected chi connectivity index (χ0v) is 51.0. The molecule has 4 unspecified atom stereocenters. The first-order valence-electron chi connectivity index (χ1n) is 29.2. The van der Waals surface area contributed by atoms with Gasteiger partial charge in [-0.1, -0.05) is 97.1 Å². The van der Waals surface area contributed by atoms with Crippen LogP contribution in [0.4, 0.5) is 36.7 Å². The van der Waals surface area contributed by atoms with E-state index in [1.54, 1.807) is 4.90 Å². The highest BCUT2D eigenvalue weighted by molar-refractivity contribution is 7.85. The van der Waals surface area contributed by atoms with Gasteiger partial charge in [-0.2, -0.15) is 26.7 Å². The number of nitrogens with one attached hydrogen (secondary N) is 1. The number of hydrogen-bond acceptors (Lipinski definition) is 14. The van der Waals surface area contributed by atoms with E-state index in [2.05, 4.69) is 68.6 Å². The van der Waals surface area contributed by atoms with Gasteiger partial charge in [0.15, 0.2) is 23.3 Å². The average Bonchev–Trinajstić information content (AvgIpc) is 1.54. The summed E-state index contributed by atoms with van der Waals surface area (Å²) in [6.45, 7) is 2.08. The number of carbonyl (C=O) groups excluding carboxylic acids is 4. The maximum Gasteiger partial charge on any atom is 0.409 e. The van der Waals surface area contributed by atoms with Crippen LogP contribution in [0.15, 0.2) is 121 Å². The van der Waals surface area contributed by atoms with Crippen molar-refractivity contribution in [2.75, 3.05) is 54.6 Å². The van der Waals surface area contributed by atoms with Crippen molar-refractivity contribution in [3.05, 3.63) is 200 Å². The third-order valence-corrected chi connectivity index (χ3v) is 21.1. The van der Waals surface area contributed by atoms with Crippen LogP contribution in [-0.4, -0.2) is 140 Å². The molecule has 0 spiro atoms. The second-order valence-electron chi connectivity index (χ2n) is 23.5. The van der Waals surface area contributed by atoms with Gasteiger partial charge in [0.2, 0.25) is 11.5 Å². The van der Waals surface area contributed by atoms with Gasteiger partial charge in [0, 0.05) is 49.0 Å². The molecule has 4 aliphatic heterocycles. The van der Waals surface area contributed by atoms with Gasteiger partial charge in [-0.15, -0.1) is 0 Å². The molecule has 6 aromatic carbocycles. The van der Waals surface area contributed by atoms with E-state index < -0.39 is 84.6 Å². The third-order valence-electron chi connectivity index (χ3n) is 19.7. The number of rotatable bonds is 8. The predicted octanol–water partition coefficient (Wildman–Crippen LogP) is 8.55. The maximum atomic E-state index is 14.4. The fourth-order valence-electron chi connectivity index (χ4n) is 16.3. The second kappa shape index (κ2) is 23.4. The largest absolute Gasteiger partial charge is 0.453 e. The Morgan fingerprint density at radius 3 is 1.41 bits per heavy atom. The lowest BCUT2D eigenvalue weighted by molar-refractivity contribution is 0.111. The summed E-state index contributed by atoms with van der Waals surface area (Å²) in [5, 5.41) is 4.42. The molecule has 90 heavy (non-hydrogen) atoms. The van der Waals surface area contributed by atoms with Gasteiger partial charge in [0.05, 0.1) is 52.1 Å². The van der Waals surface area contributed by atoms with Crippen molar-refractivity contribution < 1.29 is 80.9 Å². The molecule has 4 heterocycles. The van der Waals surface area contributed by atoms with E-state index in [1.165, 1.54) is 61.2 Å². The molecule has 26 heteroatoms. The summed E-state index contributed by atoms with van der Waals surface area (Å²) in [6, 6.07) is 33.9. The lowest BCUT2D eigenvalue weighted by atomic mass is 9.70. The molecule has 4 aliphatic carbocycles. The molecule has 8 atom stereocenters. The van der Waals surface area contributed by atoms with Crippen molar-refractivity contribution in [1.29, 1.82) is 0 Å². The fourth-order valence-corrected chi connectivity index (χ4v) is 17.9. The van der Waals surface area contributed by atoms with E-state index in [9.17, 15) is 53.6 Å². The molecule has 0 saturated carbocycles. The first-order valence-corrected chi connectivity index (χ1v) is 32.1. The van der Waals surface area contributed by atoms with E-state index in [4.69, 9.17) is 23.1 Å². The number of amides is 4. The number of nitrogens with zero attached hydrogens (tertiary/aromatic N) is 4. The average molecular weight is 1280 g/mol. The summed E-state index contributed by atoms with van der Waals surface area (Å²) >= 11 is 0. The summed E-state index contributed by atoms with van der Waals surface area (Å²) in [6.07, 6.45) is 3.68. The predicted molar refractivity (Wildman–Crippen MR) is 316 cm³/mol. The Morgan fingerprint density at radius 2 is 0.900 bits per heavy atom. The molecule has 0 aromatic heterocycles. The van der Waals surface area contributed by atoms with E-state index in [-0.39, 0.29) is 55.1 Å². The molecule has 6 aromatic rings. The van der Waals surface area contributed by atoms with Crippen LogP contribution in [0.25, 0.3) is 0 Å². The van der Waals surface area contributed by atoms with Crippen molar-refractivity contribution in [3.63, 3.8) is 0 Å². The van der Waals surface area contributed by atoms with Crippen LogP contribution in [0.5, 0.6) is 11.5 Å². The number of likely N-dealkylation sites (tertiary alicyclic amines) is 4. The molecule has 20 nitrogen and oxygen atoms in total. The Bertz CT molecular complexity index is 4090. The quantitative estimate of drug-likeness (QED) is 0.107. The monoisotopic (exact) mass is 1280 g/mol. The molecule has 14 rings (SSSR count). The fraction of sp³-hybridized carbons (Fsp3) is 0.375. The van der Waals surface area contributed by atoms with Crippen molar-refractivity contribution in [2.24, 2.45) is 5.14 Å². The summed E-state index contributed by atoms with van der Waals surface area (Å²) < 4.78 is 134. The number of hydrogen-bond donors (Lipinski definition) is 2. The highest BCUT2D eigenvalue weighted by atomic mass is 32.2. The van der Waals surface area contributed by atoms with Crippen molar-refractivity contribution in [2.45, 2.75) is 97.8 Å². The topological polar surface area (TPSA) is 243 Å². The number of fused-ring (bicyclic) bond motifs is 12. The minimum atomic E-state index is -4.83. The van der Waals surface area contributed by atoms with Crippen LogP contribution < -0.4 is 18.2 Å². The third kappa shape index (κ3) is 10.1. The molecule has 474 valence electrons. The molecule has 3 N–H and O–H groups in total. The maximum absolute atomic E-state index is 14.4. The smallest absolute Gasteiger partial charge is 0.409 e. The van der Waals surface area contributed by atoms with Crippen LogP contribution in [-0.2, 0) is 81.6 Å². The zero-order chi connectivity index (χ0) is 63.8. The minimum absolute atomic E-state index is 0.0519. The molecular weight excluding hydrogens is 1220 g/mol. The van der Waals surface area contributed by atoms with Gasteiger partial charge < -0.3 is 46.9 Å². The van der Waals surface area contributed by atoms with Crippen molar-refractivity contribution >= 4 is 45.0 Å². The standard InChI is InChI=1S/C32H31F2N3O7S.C26H28N2O4.C6H5F2NO3S/c1-42-29(38)36-15-13-31(21-8-4-3-7-19(21)17-26(31)36)22-9-5-10-23-20(22)18-27-32(23,14-16-37(27)30(39)43-2)35-45(40,41)44-28-24(33)11-6-12-25(28)34;1-31-24(29)27-12-10-18-17-7-5-9-21(19(17)15-22(18)27)26-11-13-28(25(30)32-2)23(26)14-16-6-3-4-8-20(16)26;7-4-2-1-3-5(8)6(4)12-13(9,10)11/h3-12,26-27,35H,13-18H2,1-2H3;3-9,18,22-23H,10-15H2,1-2H3;1-3H,(H2,9,10,11)/t26?,27?,31-,32-;18-,22?,23?,26+;/m10./s1. The first kappa shape index (κ1) is 61.8. The van der Waals surface area contributed by atoms with E-state index in [0.29, 0.717) is 37.4 Å². The summed E-state index contributed by atoms with van der Waals surface area (Å²) in [5.74, 6) is -6.33. The molecule has 4 amide bonds. The second-order valence-corrected chi connectivity index (χ2v) is 25.9. The molecule has 4 fully saturated rings. The number of nitrogens with two attached hydrogens (primary N) is 1. The molecule has 0 radical (unpaired) electrons. The Labute approximate surface area is 517 Å². The van der Waals surface area contributed by atoms with Gasteiger partial charge in [-0.05, 0) is 131 Å². The van der Waals surface area contributed by atoms with E-state index in [0.717, 1.165) is 90.9 Å². The number of carbonyl (C=O) groups is 4. The highest BCUT2D eigenvalue weighted by Crippen LogP contribution is 2.59. The van der Waals surface area contributed by atoms with Crippen LogP contribution >= 0.6 is 0 Å². The van der Waals surface area contributed by atoms with E-state index in [1.807, 2.05) is 40.1 Å². The Kier molecular flexibility index (Phi) is 16.1. The normalized spacial score (nSPS) is 25.2. The van der Waals surface area contributed by atoms with Crippen molar-refractivity contribution in [3.8, 4) is 11.5 Å². The number of ether oxygens (including phenoxy) is 4. The van der Waals surface area contributed by atoms with Crippen LogP contribution in [0.3, 0.4) is 0 Å². The van der Waals surface area contributed by atoms with Gasteiger partial charge in [0.25, 0.3) is 0 Å². The lowest BCUT2D eigenvalue weighted by Gasteiger charge is -2.35. The number of halogens is 4. The molecular formula is C64H64F4N6O14S2. The SMILES string of the molecule is COC(=O)N1CC[C@H]2c3cccc([C@]45CCN(C(=O)OC)C4Cc4ccccc45)c3CC21.COC(=O)N1CC[C@]2(c3cccc4c3CC3N(C(=O)OC)CC[C@@]43NS(=O)(=O)Oc3c(F)cccc3F)c3ccccc3CC12.NS(=O)(=O)Oc1c(F)cccc1F. The summed E-state index contributed by atoms with van der Waals surface area (Å²) in [5.41, 5.74) is 9.09. The zero-order valence-electron chi connectivity index (χ0n) is 49.3. The van der Waals surface area contributed by atoms with Gasteiger partial charge >= 0.3 is 45.0 Å². The number of para-hydroxylation sites is 2. The summed E-state index contributed by atoms with van der Waals surface area (Å²) in [7, 11) is -3.69. The Morgan fingerprint density at radius 1 is 0.478 bits per heavy atom. The minimum Gasteiger partial charge on any atom is -0.453 e. The molecule has 4 saturated heterocycles. The lowest BCUT2D eigenvalue weighted by Crippen LogP contribution is -2.53. The Balaban J connectivity index is 0.000000151. The van der Waals surface area contributed by atoms with Gasteiger partial charge in [-0.3, -0.25) is 0 Å². The summed E-state index contributed by atoms with van der Waals surface area (Å²) in [4.78, 5) is 58.0. The van der Waals surface area contributed by atoms with Crippen LogP contribution in [0, 0.1) is 23.3 Å². The number of methoxy groups -OCH3 is 4. The molecule has 8 aliphatic rings. The first-order chi connectivity index (χ1) is 43.1. The molecule has 0 bridgehead atoms. The Hall–Kier alpha value is -8.46. The van der Waals surface area contributed by atoms with Crippen LogP contribution in [0.2, 0.25) is 0 Å². The van der Waals surface area contributed by atoms with E-state index >= 15 is 0 Å². The van der Waals surface area contributed by atoms with Gasteiger partial charge in [-0.25, -0.2) is 36.7 Å². The highest BCUT2D eigenvalue weighted by Gasteiger charge is 2.63. The van der Waals surface area contributed by atoms with Gasteiger partial charge in [0.1, 0.15) is 0 Å². The van der Waals surface area contributed by atoms with Crippen LogP contribution in [0.1, 0.15) is 87.2 Å². The van der Waals surface area contributed by atoms with Crippen molar-refractivity contribution in [1.82, 2.24) is 24.3 Å².